The lowest BCUT2D eigenvalue weighted by molar-refractivity contribution is -0.141. The highest BCUT2D eigenvalue weighted by Gasteiger charge is 2.34. The third-order valence-corrected chi connectivity index (χ3v) is 5.63. The van der Waals surface area contributed by atoms with E-state index in [0.717, 1.165) is 25.7 Å². The molecule has 3 aromatic heterocycles. The Bertz CT molecular complexity index is 1040. The minimum absolute atomic E-state index is 0.0557. The molecule has 0 aromatic carbocycles. The summed E-state index contributed by atoms with van der Waals surface area (Å²) >= 11 is 0. The van der Waals surface area contributed by atoms with E-state index in [1.165, 1.54) is 23.5 Å². The summed E-state index contributed by atoms with van der Waals surface area (Å²) in [4.78, 5) is 44.6. The summed E-state index contributed by atoms with van der Waals surface area (Å²) in [5, 5.41) is 5.65. The number of furan rings is 2. The molecular weight excluding hydrogens is 424 g/mol. The molecule has 0 bridgehead atoms. The van der Waals surface area contributed by atoms with Crippen molar-refractivity contribution in [2.24, 2.45) is 0 Å². The number of aromatic nitrogens is 1. The van der Waals surface area contributed by atoms with E-state index in [4.69, 9.17) is 8.83 Å². The second-order valence-electron chi connectivity index (χ2n) is 7.94. The number of rotatable bonds is 9. The van der Waals surface area contributed by atoms with Crippen molar-refractivity contribution in [3.8, 4) is 0 Å². The SMILES string of the molecule is O=C(NCC(=O)N(Cc1ccco1)[C@@H](C(=O)NC1CCCC1)c1cccnc1)c1ccco1. The van der Waals surface area contributed by atoms with Crippen molar-refractivity contribution >= 4 is 17.7 Å². The van der Waals surface area contributed by atoms with Gasteiger partial charge in [-0.25, -0.2) is 0 Å². The third kappa shape index (κ3) is 5.68. The van der Waals surface area contributed by atoms with Gasteiger partial charge in [0, 0.05) is 24.0 Å². The van der Waals surface area contributed by atoms with Crippen molar-refractivity contribution in [1.82, 2.24) is 20.5 Å². The highest BCUT2D eigenvalue weighted by molar-refractivity contribution is 5.95. The Balaban J connectivity index is 1.58. The average molecular weight is 450 g/mol. The number of pyridine rings is 1. The van der Waals surface area contributed by atoms with Gasteiger partial charge in [-0.3, -0.25) is 19.4 Å². The maximum Gasteiger partial charge on any atom is 0.287 e. The molecule has 9 nitrogen and oxygen atoms in total. The first kappa shape index (κ1) is 22.3. The van der Waals surface area contributed by atoms with Crippen molar-refractivity contribution in [1.29, 1.82) is 0 Å². The van der Waals surface area contributed by atoms with Crippen LogP contribution in [0.25, 0.3) is 0 Å². The fraction of sp³-hybridized carbons (Fsp3) is 0.333. The lowest BCUT2D eigenvalue weighted by Crippen LogP contribution is -2.48. The van der Waals surface area contributed by atoms with E-state index in [9.17, 15) is 14.4 Å². The Morgan fingerprint density at radius 3 is 2.52 bits per heavy atom. The minimum atomic E-state index is -0.933. The average Bonchev–Trinajstić information content (AvgIpc) is 3.61. The molecule has 3 amide bonds. The van der Waals surface area contributed by atoms with Crippen LogP contribution in [0.4, 0.5) is 0 Å². The van der Waals surface area contributed by atoms with E-state index in [1.807, 2.05) is 0 Å². The predicted molar refractivity (Wildman–Crippen MR) is 118 cm³/mol. The van der Waals surface area contributed by atoms with E-state index in [-0.39, 0.29) is 30.8 Å². The van der Waals surface area contributed by atoms with E-state index < -0.39 is 17.9 Å². The Kier molecular flexibility index (Phi) is 7.19. The van der Waals surface area contributed by atoms with Gasteiger partial charge in [0.25, 0.3) is 5.91 Å². The predicted octanol–water partition coefficient (Wildman–Crippen LogP) is 2.83. The molecule has 4 rings (SSSR count). The summed E-state index contributed by atoms with van der Waals surface area (Å²) in [5.41, 5.74) is 0.574. The molecule has 9 heteroatoms. The van der Waals surface area contributed by atoms with Gasteiger partial charge in [0.2, 0.25) is 11.8 Å². The van der Waals surface area contributed by atoms with Gasteiger partial charge >= 0.3 is 0 Å². The Hall–Kier alpha value is -3.88. The molecule has 0 aliphatic heterocycles. The molecule has 0 unspecified atom stereocenters. The van der Waals surface area contributed by atoms with Crippen LogP contribution in [0.5, 0.6) is 0 Å². The van der Waals surface area contributed by atoms with Gasteiger partial charge in [0.1, 0.15) is 11.8 Å². The fourth-order valence-electron chi connectivity index (χ4n) is 4.01. The number of carbonyl (C=O) groups is 3. The largest absolute Gasteiger partial charge is 0.467 e. The maximum atomic E-state index is 13.4. The van der Waals surface area contributed by atoms with Crippen LogP contribution < -0.4 is 10.6 Å². The van der Waals surface area contributed by atoms with Crippen molar-refractivity contribution < 1.29 is 23.2 Å². The second-order valence-corrected chi connectivity index (χ2v) is 7.94. The van der Waals surface area contributed by atoms with Crippen molar-refractivity contribution in [2.75, 3.05) is 6.54 Å². The van der Waals surface area contributed by atoms with Crippen LogP contribution in [-0.4, -0.2) is 40.2 Å². The summed E-state index contributed by atoms with van der Waals surface area (Å²) in [6.45, 7) is -0.256. The Labute approximate surface area is 191 Å². The lowest BCUT2D eigenvalue weighted by Gasteiger charge is -2.31. The molecule has 1 saturated carbocycles. The minimum Gasteiger partial charge on any atom is -0.467 e. The monoisotopic (exact) mass is 450 g/mol. The third-order valence-electron chi connectivity index (χ3n) is 5.63. The van der Waals surface area contributed by atoms with E-state index in [0.29, 0.717) is 11.3 Å². The van der Waals surface area contributed by atoms with E-state index in [2.05, 4.69) is 15.6 Å². The van der Waals surface area contributed by atoms with E-state index >= 15 is 0 Å². The summed E-state index contributed by atoms with van der Waals surface area (Å²) in [6.07, 6.45) is 10.0. The first-order chi connectivity index (χ1) is 16.1. The molecule has 33 heavy (non-hydrogen) atoms. The molecule has 3 aromatic rings. The maximum absolute atomic E-state index is 13.4. The van der Waals surface area contributed by atoms with Crippen LogP contribution in [0, 0.1) is 0 Å². The Morgan fingerprint density at radius 2 is 1.85 bits per heavy atom. The number of nitrogens with one attached hydrogen (secondary N) is 2. The molecule has 172 valence electrons. The molecule has 1 aliphatic rings. The number of hydrogen-bond donors (Lipinski definition) is 2. The molecule has 2 N–H and O–H groups in total. The zero-order valence-electron chi connectivity index (χ0n) is 18.1. The van der Waals surface area contributed by atoms with Gasteiger partial charge in [-0.15, -0.1) is 0 Å². The highest BCUT2D eigenvalue weighted by atomic mass is 16.3. The molecule has 1 fully saturated rings. The first-order valence-electron chi connectivity index (χ1n) is 11.0. The van der Waals surface area contributed by atoms with Gasteiger partial charge in [-0.2, -0.15) is 0 Å². The van der Waals surface area contributed by atoms with Crippen LogP contribution in [0.15, 0.2) is 70.2 Å². The van der Waals surface area contributed by atoms with Gasteiger partial charge in [0.15, 0.2) is 5.76 Å². The fourth-order valence-corrected chi connectivity index (χ4v) is 4.01. The Morgan fingerprint density at radius 1 is 1.06 bits per heavy atom. The first-order valence-corrected chi connectivity index (χ1v) is 11.0. The van der Waals surface area contributed by atoms with Crippen LogP contribution in [0.1, 0.15) is 53.6 Å². The van der Waals surface area contributed by atoms with Gasteiger partial charge in [0.05, 0.1) is 25.6 Å². The van der Waals surface area contributed by atoms with Gasteiger partial charge in [-0.05, 0) is 43.2 Å². The van der Waals surface area contributed by atoms with Crippen LogP contribution >= 0.6 is 0 Å². The normalized spacial score (nSPS) is 14.5. The highest BCUT2D eigenvalue weighted by Crippen LogP contribution is 2.25. The molecule has 0 radical (unpaired) electrons. The summed E-state index contributed by atoms with van der Waals surface area (Å²) in [7, 11) is 0. The zero-order valence-corrected chi connectivity index (χ0v) is 18.1. The van der Waals surface area contributed by atoms with Crippen LogP contribution in [-0.2, 0) is 16.1 Å². The summed E-state index contributed by atoms with van der Waals surface area (Å²) in [6, 6.07) is 9.17. The second kappa shape index (κ2) is 10.6. The standard InChI is InChI=1S/C24H26N4O5/c29-21(15-26-23(30)20-10-5-13-33-20)28(16-19-9-4-12-32-19)22(17-6-3-11-25-14-17)24(31)27-18-7-1-2-8-18/h3-6,9-14,18,22H,1-2,7-8,15-16H2,(H,26,30)(H,27,31)/t22-/m1/s1. The summed E-state index contributed by atoms with van der Waals surface area (Å²) in [5.74, 6) is -0.625. The molecule has 0 spiro atoms. The molecule has 1 aliphatic carbocycles. The van der Waals surface area contributed by atoms with Crippen molar-refractivity contribution in [3.63, 3.8) is 0 Å². The molecule has 0 saturated heterocycles. The zero-order chi connectivity index (χ0) is 23.0. The van der Waals surface area contributed by atoms with Gasteiger partial charge in [-0.1, -0.05) is 18.9 Å². The lowest BCUT2D eigenvalue weighted by atomic mass is 10.0. The quantitative estimate of drug-likeness (QED) is 0.518. The van der Waals surface area contributed by atoms with E-state index in [1.54, 1.807) is 42.7 Å². The smallest absolute Gasteiger partial charge is 0.287 e. The summed E-state index contributed by atoms with van der Waals surface area (Å²) < 4.78 is 10.5. The number of hydrogen-bond acceptors (Lipinski definition) is 6. The van der Waals surface area contributed by atoms with Crippen LogP contribution in [0.3, 0.4) is 0 Å². The number of nitrogens with zero attached hydrogens (tertiary/aromatic N) is 2. The van der Waals surface area contributed by atoms with Crippen molar-refractivity contribution in [3.05, 3.63) is 78.4 Å². The van der Waals surface area contributed by atoms with Crippen molar-refractivity contribution in [2.45, 2.75) is 44.3 Å². The number of amides is 3. The van der Waals surface area contributed by atoms with Gasteiger partial charge < -0.3 is 24.4 Å². The van der Waals surface area contributed by atoms with Crippen LogP contribution in [0.2, 0.25) is 0 Å². The molecule has 3 heterocycles. The topological polar surface area (TPSA) is 118 Å². The molecule has 1 atom stereocenters. The molecular formula is C24H26N4O5. The number of carbonyl (C=O) groups excluding carboxylic acids is 3.